The number of hydrogen-bond donors (Lipinski definition) is 1. The van der Waals surface area contributed by atoms with E-state index in [2.05, 4.69) is 15.5 Å². The highest BCUT2D eigenvalue weighted by molar-refractivity contribution is 7.99. The number of benzene rings is 2. The number of hydrogen-bond acceptors (Lipinski definition) is 5. The second-order valence-electron chi connectivity index (χ2n) is 5.49. The number of halogens is 2. The van der Waals surface area contributed by atoms with Gasteiger partial charge in [-0.25, -0.2) is 0 Å². The van der Waals surface area contributed by atoms with Gasteiger partial charge in [-0.05, 0) is 36.8 Å². The fourth-order valence-corrected chi connectivity index (χ4v) is 3.12. The van der Waals surface area contributed by atoms with Crippen molar-refractivity contribution in [2.75, 3.05) is 5.75 Å². The zero-order valence-electron chi connectivity index (χ0n) is 13.8. The summed E-state index contributed by atoms with van der Waals surface area (Å²) in [7, 11) is 0. The zero-order valence-corrected chi connectivity index (χ0v) is 16.1. The van der Waals surface area contributed by atoms with Gasteiger partial charge in [0.2, 0.25) is 11.8 Å². The molecule has 0 aliphatic rings. The van der Waals surface area contributed by atoms with E-state index in [-0.39, 0.29) is 17.7 Å². The smallest absolute Gasteiger partial charge is 0.277 e. The highest BCUT2D eigenvalue weighted by atomic mass is 35.5. The molecule has 3 rings (SSSR count). The molecule has 8 heteroatoms. The number of amides is 1. The molecular weight excluding hydrogens is 393 g/mol. The Morgan fingerprint density at radius 2 is 1.92 bits per heavy atom. The molecule has 1 N–H and O–H groups in total. The Balaban J connectivity index is 1.54. The first-order valence-corrected chi connectivity index (χ1v) is 9.53. The molecule has 0 aliphatic heterocycles. The molecule has 1 amide bonds. The van der Waals surface area contributed by atoms with Crippen molar-refractivity contribution in [3.63, 3.8) is 0 Å². The Bertz CT molecular complexity index is 902. The molecule has 0 aliphatic carbocycles. The maximum atomic E-state index is 12.1. The molecule has 1 atom stereocenters. The summed E-state index contributed by atoms with van der Waals surface area (Å²) in [5, 5.41) is 12.1. The molecule has 2 aromatic carbocycles. The maximum absolute atomic E-state index is 12.1. The van der Waals surface area contributed by atoms with Crippen molar-refractivity contribution in [2.24, 2.45) is 0 Å². The van der Waals surface area contributed by atoms with Gasteiger partial charge in [0.05, 0.1) is 21.8 Å². The van der Waals surface area contributed by atoms with Crippen LogP contribution in [-0.2, 0) is 4.79 Å². The first kappa shape index (κ1) is 18.8. The number of carbonyl (C=O) groups excluding carboxylic acids is 1. The van der Waals surface area contributed by atoms with Crippen LogP contribution in [0.5, 0.6) is 0 Å². The van der Waals surface area contributed by atoms with E-state index in [0.717, 1.165) is 11.1 Å². The standard InChI is InChI=1S/C18H15Cl2N3O2S/c1-11(13-7-8-14(19)15(20)9-13)21-16(24)10-26-18-23-22-17(25-18)12-5-3-2-4-6-12/h2-9,11H,10H2,1H3,(H,21,24)/t11-/m0/s1. The van der Waals surface area contributed by atoms with Gasteiger partial charge in [0.1, 0.15) is 0 Å². The third kappa shape index (κ3) is 4.78. The Labute approximate surface area is 165 Å². The van der Waals surface area contributed by atoms with Crippen LogP contribution in [0.3, 0.4) is 0 Å². The first-order valence-electron chi connectivity index (χ1n) is 7.79. The Hall–Kier alpha value is -2.02. The normalized spacial score (nSPS) is 12.0. The summed E-state index contributed by atoms with van der Waals surface area (Å²) >= 11 is 13.1. The van der Waals surface area contributed by atoms with Gasteiger partial charge in [-0.3, -0.25) is 4.79 Å². The van der Waals surface area contributed by atoms with Crippen molar-refractivity contribution < 1.29 is 9.21 Å². The number of aromatic nitrogens is 2. The summed E-state index contributed by atoms with van der Waals surface area (Å²) in [6, 6.07) is 14.5. The predicted octanol–water partition coefficient (Wildman–Crippen LogP) is 5.01. The number of nitrogens with zero attached hydrogens (tertiary/aromatic N) is 2. The average Bonchev–Trinajstić information content (AvgIpc) is 3.12. The summed E-state index contributed by atoms with van der Waals surface area (Å²) in [6.07, 6.45) is 0. The van der Waals surface area contributed by atoms with Gasteiger partial charge >= 0.3 is 0 Å². The van der Waals surface area contributed by atoms with Gasteiger partial charge in [-0.15, -0.1) is 10.2 Å². The monoisotopic (exact) mass is 407 g/mol. The summed E-state index contributed by atoms with van der Waals surface area (Å²) < 4.78 is 5.57. The molecule has 0 saturated carbocycles. The van der Waals surface area contributed by atoms with Gasteiger partial charge in [0, 0.05) is 5.56 Å². The molecule has 0 fully saturated rings. The van der Waals surface area contributed by atoms with Crippen LogP contribution in [0.25, 0.3) is 11.5 Å². The van der Waals surface area contributed by atoms with Crippen molar-refractivity contribution in [3.8, 4) is 11.5 Å². The maximum Gasteiger partial charge on any atom is 0.277 e. The van der Waals surface area contributed by atoms with Crippen molar-refractivity contribution in [3.05, 3.63) is 64.1 Å². The molecule has 1 aromatic heterocycles. The molecule has 0 bridgehead atoms. The van der Waals surface area contributed by atoms with E-state index in [1.807, 2.05) is 43.3 Å². The van der Waals surface area contributed by atoms with Gasteiger partial charge in [0.15, 0.2) is 0 Å². The van der Waals surface area contributed by atoms with Crippen molar-refractivity contribution in [1.29, 1.82) is 0 Å². The van der Waals surface area contributed by atoms with E-state index in [1.54, 1.807) is 12.1 Å². The van der Waals surface area contributed by atoms with Crippen molar-refractivity contribution >= 4 is 40.9 Å². The topological polar surface area (TPSA) is 68.0 Å². The molecule has 26 heavy (non-hydrogen) atoms. The number of rotatable bonds is 6. The Kier molecular flexibility index (Phi) is 6.19. The van der Waals surface area contributed by atoms with Crippen LogP contribution in [0.15, 0.2) is 58.2 Å². The summed E-state index contributed by atoms with van der Waals surface area (Å²) in [5.74, 6) is 0.452. The van der Waals surface area contributed by atoms with Gasteiger partial charge in [-0.1, -0.05) is 59.2 Å². The summed E-state index contributed by atoms with van der Waals surface area (Å²) in [6.45, 7) is 1.88. The average molecular weight is 408 g/mol. The SMILES string of the molecule is C[C@H](NC(=O)CSc1nnc(-c2ccccc2)o1)c1ccc(Cl)c(Cl)c1. The molecule has 5 nitrogen and oxygen atoms in total. The van der Waals surface area contributed by atoms with Crippen LogP contribution in [0, 0.1) is 0 Å². The molecule has 0 radical (unpaired) electrons. The van der Waals surface area contributed by atoms with Crippen LogP contribution >= 0.6 is 35.0 Å². The van der Waals surface area contributed by atoms with Crippen LogP contribution in [0.4, 0.5) is 0 Å². The second kappa shape index (κ2) is 8.58. The van der Waals surface area contributed by atoms with Crippen LogP contribution in [0.1, 0.15) is 18.5 Å². The largest absolute Gasteiger partial charge is 0.411 e. The van der Waals surface area contributed by atoms with Crippen LogP contribution in [-0.4, -0.2) is 21.9 Å². The third-order valence-corrected chi connectivity index (χ3v) is 5.13. The lowest BCUT2D eigenvalue weighted by Crippen LogP contribution is -2.28. The Morgan fingerprint density at radius 1 is 1.15 bits per heavy atom. The third-order valence-electron chi connectivity index (χ3n) is 3.58. The predicted molar refractivity (Wildman–Crippen MR) is 103 cm³/mol. The fraction of sp³-hybridized carbons (Fsp3) is 0.167. The summed E-state index contributed by atoms with van der Waals surface area (Å²) in [4.78, 5) is 12.1. The molecular formula is C18H15Cl2N3O2S. The lowest BCUT2D eigenvalue weighted by Gasteiger charge is -2.14. The van der Waals surface area contributed by atoms with E-state index < -0.39 is 0 Å². The minimum absolute atomic E-state index is 0.145. The van der Waals surface area contributed by atoms with Crippen LogP contribution in [0.2, 0.25) is 10.0 Å². The second-order valence-corrected chi connectivity index (χ2v) is 7.23. The molecule has 1 heterocycles. The lowest BCUT2D eigenvalue weighted by atomic mass is 10.1. The first-order chi connectivity index (χ1) is 12.5. The van der Waals surface area contributed by atoms with Crippen molar-refractivity contribution in [1.82, 2.24) is 15.5 Å². The fourth-order valence-electron chi connectivity index (χ4n) is 2.24. The number of thioether (sulfide) groups is 1. The van der Waals surface area contributed by atoms with E-state index in [4.69, 9.17) is 27.6 Å². The zero-order chi connectivity index (χ0) is 18.5. The molecule has 3 aromatic rings. The minimum atomic E-state index is -0.194. The minimum Gasteiger partial charge on any atom is -0.411 e. The van der Waals surface area contributed by atoms with E-state index in [1.165, 1.54) is 11.8 Å². The van der Waals surface area contributed by atoms with E-state index in [0.29, 0.717) is 21.2 Å². The summed E-state index contributed by atoms with van der Waals surface area (Å²) in [5.41, 5.74) is 1.71. The molecule has 134 valence electrons. The van der Waals surface area contributed by atoms with Crippen molar-refractivity contribution in [2.45, 2.75) is 18.2 Å². The van der Waals surface area contributed by atoms with E-state index >= 15 is 0 Å². The highest BCUT2D eigenvalue weighted by Gasteiger charge is 2.14. The van der Waals surface area contributed by atoms with E-state index in [9.17, 15) is 4.79 Å². The molecule has 0 unspecified atom stereocenters. The van der Waals surface area contributed by atoms with Gasteiger partial charge < -0.3 is 9.73 Å². The number of nitrogens with one attached hydrogen (secondary N) is 1. The van der Waals surface area contributed by atoms with Gasteiger partial charge in [-0.2, -0.15) is 0 Å². The molecule has 0 saturated heterocycles. The number of carbonyl (C=O) groups is 1. The molecule has 0 spiro atoms. The quantitative estimate of drug-likeness (QED) is 0.581. The highest BCUT2D eigenvalue weighted by Crippen LogP contribution is 2.26. The van der Waals surface area contributed by atoms with Gasteiger partial charge in [0.25, 0.3) is 5.22 Å². The van der Waals surface area contributed by atoms with Crippen LogP contribution < -0.4 is 5.32 Å². The Morgan fingerprint density at radius 3 is 2.65 bits per heavy atom. The lowest BCUT2D eigenvalue weighted by molar-refractivity contribution is -0.119.